The predicted octanol–water partition coefficient (Wildman–Crippen LogP) is 4.29. The molecular formula is C22H22N4O. The third-order valence-corrected chi connectivity index (χ3v) is 4.86. The molecule has 0 radical (unpaired) electrons. The molecular weight excluding hydrogens is 336 g/mol. The molecule has 136 valence electrons. The van der Waals surface area contributed by atoms with Crippen molar-refractivity contribution in [1.82, 2.24) is 9.97 Å². The highest BCUT2D eigenvalue weighted by Gasteiger charge is 2.27. The molecule has 0 bridgehead atoms. The van der Waals surface area contributed by atoms with Crippen molar-refractivity contribution in [2.75, 3.05) is 16.8 Å². The highest BCUT2D eigenvalue weighted by atomic mass is 16.1. The van der Waals surface area contributed by atoms with Gasteiger partial charge in [-0.15, -0.1) is 0 Å². The second kappa shape index (κ2) is 7.19. The summed E-state index contributed by atoms with van der Waals surface area (Å²) in [6.07, 6.45) is 3.49. The minimum absolute atomic E-state index is 0.141. The van der Waals surface area contributed by atoms with Crippen LogP contribution in [-0.4, -0.2) is 22.4 Å². The highest BCUT2D eigenvalue weighted by Crippen LogP contribution is 2.37. The molecule has 0 fully saturated rings. The second-order valence-electron chi connectivity index (χ2n) is 6.69. The molecule has 1 aromatic carbocycles. The summed E-state index contributed by atoms with van der Waals surface area (Å²) < 4.78 is 0. The van der Waals surface area contributed by atoms with Crippen molar-refractivity contribution in [3.63, 3.8) is 0 Å². The molecule has 0 saturated heterocycles. The molecule has 1 N–H and O–H groups in total. The van der Waals surface area contributed by atoms with Gasteiger partial charge in [-0.2, -0.15) is 0 Å². The molecule has 0 spiro atoms. The van der Waals surface area contributed by atoms with Crippen LogP contribution in [0.25, 0.3) is 0 Å². The number of fused-ring (bicyclic) bond motifs is 2. The first-order valence-electron chi connectivity index (χ1n) is 9.25. The lowest BCUT2D eigenvalue weighted by Crippen LogP contribution is -2.20. The Morgan fingerprint density at radius 1 is 1.04 bits per heavy atom. The van der Waals surface area contributed by atoms with Crippen LogP contribution in [-0.2, 0) is 12.8 Å². The summed E-state index contributed by atoms with van der Waals surface area (Å²) in [6.45, 7) is 4.75. The van der Waals surface area contributed by atoms with E-state index in [0.29, 0.717) is 17.9 Å². The molecule has 2 aromatic heterocycles. The van der Waals surface area contributed by atoms with E-state index in [2.05, 4.69) is 40.6 Å². The standard InChI is InChI=1S/C22H22N4O/c1-3-26-20-18(10-7-13-23-20)22(27)25-19-15(2)14-17(24-21(19)26)12-11-16-8-5-4-6-9-16/h4-10,13-14H,3,11-12H2,1-2H3,(H,25,27). The summed E-state index contributed by atoms with van der Waals surface area (Å²) in [6, 6.07) is 16.1. The number of nitrogens with zero attached hydrogens (tertiary/aromatic N) is 3. The largest absolute Gasteiger partial charge is 0.318 e. The van der Waals surface area contributed by atoms with Crippen LogP contribution in [0.2, 0.25) is 0 Å². The van der Waals surface area contributed by atoms with Crippen molar-refractivity contribution >= 4 is 23.2 Å². The molecule has 4 rings (SSSR count). The maximum atomic E-state index is 12.7. The molecule has 3 heterocycles. The Labute approximate surface area is 159 Å². The Kier molecular flexibility index (Phi) is 4.59. The van der Waals surface area contributed by atoms with Gasteiger partial charge in [-0.3, -0.25) is 4.79 Å². The SMILES string of the molecule is CCN1c2ncccc2C(=O)Nc2c(C)cc(CCc3ccccc3)nc21. The average molecular weight is 358 g/mol. The third-order valence-electron chi connectivity index (χ3n) is 4.86. The van der Waals surface area contributed by atoms with Crippen LogP contribution in [0.1, 0.15) is 34.1 Å². The summed E-state index contributed by atoms with van der Waals surface area (Å²) in [5, 5.41) is 3.03. The highest BCUT2D eigenvalue weighted by molar-refractivity contribution is 6.11. The van der Waals surface area contributed by atoms with Crippen LogP contribution in [0.5, 0.6) is 0 Å². The van der Waals surface area contributed by atoms with Gasteiger partial charge in [0.15, 0.2) is 5.82 Å². The lowest BCUT2D eigenvalue weighted by molar-refractivity contribution is 0.102. The van der Waals surface area contributed by atoms with Gasteiger partial charge in [-0.05, 0) is 56.0 Å². The number of anilines is 3. The van der Waals surface area contributed by atoms with Crippen molar-refractivity contribution < 1.29 is 4.79 Å². The van der Waals surface area contributed by atoms with Crippen LogP contribution in [0.4, 0.5) is 17.3 Å². The smallest absolute Gasteiger partial charge is 0.259 e. The summed E-state index contributed by atoms with van der Waals surface area (Å²) in [4.78, 5) is 24.1. The molecule has 0 unspecified atom stereocenters. The molecule has 1 aliphatic heterocycles. The van der Waals surface area contributed by atoms with Crippen LogP contribution in [0, 0.1) is 6.92 Å². The van der Waals surface area contributed by atoms with Crippen LogP contribution >= 0.6 is 0 Å². The van der Waals surface area contributed by atoms with E-state index >= 15 is 0 Å². The topological polar surface area (TPSA) is 58.1 Å². The van der Waals surface area contributed by atoms with Gasteiger partial charge in [0.05, 0.1) is 11.3 Å². The van der Waals surface area contributed by atoms with Crippen molar-refractivity contribution in [3.8, 4) is 0 Å². The number of carbonyl (C=O) groups excluding carboxylic acids is 1. The fraction of sp³-hybridized carbons (Fsp3) is 0.227. The van der Waals surface area contributed by atoms with Gasteiger partial charge < -0.3 is 10.2 Å². The fourth-order valence-corrected chi connectivity index (χ4v) is 3.49. The van der Waals surface area contributed by atoms with Crippen LogP contribution in [0.3, 0.4) is 0 Å². The van der Waals surface area contributed by atoms with E-state index in [9.17, 15) is 4.79 Å². The van der Waals surface area contributed by atoms with Gasteiger partial charge in [0.1, 0.15) is 5.82 Å². The van der Waals surface area contributed by atoms with Gasteiger partial charge in [-0.1, -0.05) is 30.3 Å². The van der Waals surface area contributed by atoms with Gasteiger partial charge in [0, 0.05) is 18.4 Å². The zero-order valence-corrected chi connectivity index (χ0v) is 15.6. The summed E-state index contributed by atoms with van der Waals surface area (Å²) in [5.74, 6) is 1.28. The van der Waals surface area contributed by atoms with Gasteiger partial charge >= 0.3 is 0 Å². The predicted molar refractivity (Wildman–Crippen MR) is 108 cm³/mol. The van der Waals surface area contributed by atoms with E-state index < -0.39 is 0 Å². The molecule has 0 atom stereocenters. The number of aromatic nitrogens is 2. The Balaban J connectivity index is 1.74. The Morgan fingerprint density at radius 2 is 1.85 bits per heavy atom. The molecule has 1 aliphatic rings. The van der Waals surface area contributed by atoms with Gasteiger partial charge in [-0.25, -0.2) is 9.97 Å². The third kappa shape index (κ3) is 3.28. The maximum Gasteiger partial charge on any atom is 0.259 e. The number of amides is 1. The number of hydrogen-bond donors (Lipinski definition) is 1. The molecule has 3 aromatic rings. The molecule has 5 heteroatoms. The van der Waals surface area contributed by atoms with Crippen LogP contribution in [0.15, 0.2) is 54.7 Å². The zero-order valence-electron chi connectivity index (χ0n) is 15.6. The first kappa shape index (κ1) is 17.2. The molecule has 0 saturated carbocycles. The number of hydrogen-bond acceptors (Lipinski definition) is 4. The van der Waals surface area contributed by atoms with Crippen molar-refractivity contribution in [2.45, 2.75) is 26.7 Å². The molecule has 0 aliphatic carbocycles. The number of rotatable bonds is 4. The summed E-state index contributed by atoms with van der Waals surface area (Å²) >= 11 is 0. The van der Waals surface area contributed by atoms with E-state index in [-0.39, 0.29) is 5.91 Å². The minimum Gasteiger partial charge on any atom is -0.318 e. The maximum absolute atomic E-state index is 12.7. The number of pyridine rings is 2. The van der Waals surface area contributed by atoms with E-state index in [1.807, 2.05) is 24.8 Å². The fourth-order valence-electron chi connectivity index (χ4n) is 3.49. The average Bonchev–Trinajstić information content (AvgIpc) is 2.82. The van der Waals surface area contributed by atoms with Crippen molar-refractivity contribution in [2.24, 2.45) is 0 Å². The van der Waals surface area contributed by atoms with Crippen molar-refractivity contribution in [3.05, 3.63) is 77.1 Å². The minimum atomic E-state index is -0.141. The molecule has 27 heavy (non-hydrogen) atoms. The Morgan fingerprint density at radius 3 is 2.63 bits per heavy atom. The van der Waals surface area contributed by atoms with Crippen molar-refractivity contribution in [1.29, 1.82) is 0 Å². The van der Waals surface area contributed by atoms with Crippen LogP contribution < -0.4 is 10.2 Å². The number of aryl methyl sites for hydroxylation is 3. The molecule has 1 amide bonds. The van der Waals surface area contributed by atoms with Gasteiger partial charge in [0.2, 0.25) is 0 Å². The monoisotopic (exact) mass is 358 g/mol. The number of nitrogens with one attached hydrogen (secondary N) is 1. The summed E-state index contributed by atoms with van der Waals surface area (Å²) in [7, 11) is 0. The molecule has 5 nitrogen and oxygen atoms in total. The van der Waals surface area contributed by atoms with E-state index in [4.69, 9.17) is 4.98 Å². The number of carbonyl (C=O) groups is 1. The Bertz CT molecular complexity index is 985. The first-order chi connectivity index (χ1) is 13.2. The normalized spacial score (nSPS) is 12.8. The summed E-state index contributed by atoms with van der Waals surface area (Å²) in [5.41, 5.74) is 4.66. The zero-order chi connectivity index (χ0) is 18.8. The quantitative estimate of drug-likeness (QED) is 0.756. The van der Waals surface area contributed by atoms with E-state index in [0.717, 1.165) is 35.6 Å². The lowest BCUT2D eigenvalue weighted by atomic mass is 10.1. The first-order valence-corrected chi connectivity index (χ1v) is 9.25. The lowest BCUT2D eigenvalue weighted by Gasteiger charge is -2.23. The van der Waals surface area contributed by atoms with Gasteiger partial charge in [0.25, 0.3) is 5.91 Å². The van der Waals surface area contributed by atoms with E-state index in [1.165, 1.54) is 5.56 Å². The van der Waals surface area contributed by atoms with E-state index in [1.54, 1.807) is 18.3 Å². The Hall–Kier alpha value is -3.21. The second-order valence-corrected chi connectivity index (χ2v) is 6.69. The number of benzene rings is 1.